The van der Waals surface area contributed by atoms with E-state index in [2.05, 4.69) is 15.0 Å². The zero-order chi connectivity index (χ0) is 26.8. The number of aryl methyl sites for hydroxylation is 1. The van der Waals surface area contributed by atoms with E-state index in [1.165, 1.54) is 60.5 Å². The van der Waals surface area contributed by atoms with Gasteiger partial charge in [0.2, 0.25) is 5.88 Å². The van der Waals surface area contributed by atoms with E-state index in [1.807, 2.05) is 0 Å². The van der Waals surface area contributed by atoms with E-state index in [0.717, 1.165) is 6.07 Å². The highest BCUT2D eigenvalue weighted by atomic mass is 19.1. The first-order chi connectivity index (χ1) is 18.3. The quantitative estimate of drug-likeness (QED) is 0.282. The number of halogens is 2. The summed E-state index contributed by atoms with van der Waals surface area (Å²) in [5.41, 5.74) is 1.19. The van der Waals surface area contributed by atoms with E-state index in [1.54, 1.807) is 25.1 Å². The third-order valence-electron chi connectivity index (χ3n) is 5.80. The van der Waals surface area contributed by atoms with Crippen molar-refractivity contribution in [3.05, 3.63) is 112 Å². The molecule has 0 aliphatic rings. The third-order valence-corrected chi connectivity index (χ3v) is 5.80. The van der Waals surface area contributed by atoms with Gasteiger partial charge in [-0.1, -0.05) is 6.07 Å². The molecule has 0 N–H and O–H groups in total. The van der Waals surface area contributed by atoms with Crippen molar-refractivity contribution in [2.75, 3.05) is 7.11 Å². The Bertz CT molecular complexity index is 1740. The third kappa shape index (κ3) is 4.83. The Hall–Kier alpha value is -4.99. The molecule has 0 aliphatic heterocycles. The summed E-state index contributed by atoms with van der Waals surface area (Å²) in [4.78, 5) is 38.6. The lowest BCUT2D eigenvalue weighted by Crippen LogP contribution is -2.29. The molecule has 0 saturated heterocycles. The van der Waals surface area contributed by atoms with E-state index < -0.39 is 23.0 Å². The molecule has 0 aliphatic carbocycles. The number of Topliss-reactive ketones (excluding diaryl/α,β-unsaturated/α-hetero) is 1. The van der Waals surface area contributed by atoms with E-state index in [0.29, 0.717) is 33.9 Å². The van der Waals surface area contributed by atoms with Crippen molar-refractivity contribution in [3.8, 4) is 23.1 Å². The lowest BCUT2D eigenvalue weighted by atomic mass is 10.1. The molecule has 5 rings (SSSR count). The van der Waals surface area contributed by atoms with Crippen LogP contribution in [0.3, 0.4) is 0 Å². The molecule has 10 heteroatoms. The Labute approximate surface area is 215 Å². The van der Waals surface area contributed by atoms with Gasteiger partial charge in [0, 0.05) is 42.3 Å². The highest BCUT2D eigenvalue weighted by Crippen LogP contribution is 2.30. The number of carbonyl (C=O) groups excluding carboxylic acids is 1. The van der Waals surface area contributed by atoms with Gasteiger partial charge in [-0.3, -0.25) is 19.1 Å². The molecule has 8 nitrogen and oxygen atoms in total. The normalized spacial score (nSPS) is 10.9. The molecule has 3 heterocycles. The van der Waals surface area contributed by atoms with Crippen molar-refractivity contribution in [1.82, 2.24) is 19.5 Å². The van der Waals surface area contributed by atoms with E-state index >= 15 is 0 Å². The van der Waals surface area contributed by atoms with Crippen molar-refractivity contribution in [2.24, 2.45) is 0 Å². The fourth-order valence-corrected chi connectivity index (χ4v) is 3.94. The minimum absolute atomic E-state index is 0.0783. The fraction of sp³-hybridized carbons (Fsp3) is 0.107. The molecule has 3 aromatic heterocycles. The molecule has 0 spiro atoms. The number of hydrogen-bond donors (Lipinski definition) is 0. The van der Waals surface area contributed by atoms with Gasteiger partial charge < -0.3 is 9.47 Å². The highest BCUT2D eigenvalue weighted by Gasteiger charge is 2.19. The summed E-state index contributed by atoms with van der Waals surface area (Å²) in [7, 11) is 1.48. The van der Waals surface area contributed by atoms with Gasteiger partial charge in [0.05, 0.1) is 12.6 Å². The first kappa shape index (κ1) is 24.7. The predicted molar refractivity (Wildman–Crippen MR) is 135 cm³/mol. The van der Waals surface area contributed by atoms with Crippen molar-refractivity contribution < 1.29 is 23.0 Å². The van der Waals surface area contributed by atoms with E-state index in [9.17, 15) is 18.4 Å². The molecule has 0 saturated carbocycles. The van der Waals surface area contributed by atoms with Gasteiger partial charge in [-0.15, -0.1) is 0 Å². The number of nitrogens with zero attached hydrogens (tertiary/aromatic N) is 4. The molecule has 0 atom stereocenters. The minimum Gasteiger partial charge on any atom is -0.481 e. The molecule has 2 aromatic carbocycles. The first-order valence-corrected chi connectivity index (χ1v) is 11.5. The second-order valence-electron chi connectivity index (χ2n) is 8.36. The molecule has 0 amide bonds. The van der Waals surface area contributed by atoms with Crippen molar-refractivity contribution >= 4 is 16.8 Å². The maximum atomic E-state index is 15.0. The number of methoxy groups -OCH3 is 1. The number of aromatic nitrogens is 4. The molecule has 0 fully saturated rings. The van der Waals surface area contributed by atoms with Crippen LogP contribution in [0, 0.1) is 18.6 Å². The number of hydrogen-bond acceptors (Lipinski definition) is 7. The van der Waals surface area contributed by atoms with Crippen molar-refractivity contribution in [1.29, 1.82) is 0 Å². The molecule has 0 radical (unpaired) electrons. The van der Waals surface area contributed by atoms with Crippen LogP contribution in [0.4, 0.5) is 8.78 Å². The largest absolute Gasteiger partial charge is 0.481 e. The van der Waals surface area contributed by atoms with Crippen LogP contribution in [0.2, 0.25) is 0 Å². The SMILES string of the molecule is COc1ccc2nccc(Oc3ccc(CC(=O)c4ncc(C)n(-c5ccc(F)cc5)c4=O)cc3F)c2n1. The number of benzene rings is 2. The Balaban J connectivity index is 1.39. The number of rotatable bonds is 7. The minimum atomic E-state index is -0.705. The summed E-state index contributed by atoms with van der Waals surface area (Å²) in [5, 5.41) is 0. The van der Waals surface area contributed by atoms with Crippen molar-refractivity contribution in [3.63, 3.8) is 0 Å². The molecule has 38 heavy (non-hydrogen) atoms. The Morgan fingerprint density at radius 3 is 2.50 bits per heavy atom. The number of fused-ring (bicyclic) bond motifs is 1. The van der Waals surface area contributed by atoms with Gasteiger partial charge in [0.1, 0.15) is 11.3 Å². The van der Waals surface area contributed by atoms with E-state index in [4.69, 9.17) is 9.47 Å². The predicted octanol–water partition coefficient (Wildman–Crippen LogP) is 4.99. The Kier molecular flexibility index (Phi) is 6.61. The maximum absolute atomic E-state index is 15.0. The van der Waals surface area contributed by atoms with Gasteiger partial charge in [-0.25, -0.2) is 18.7 Å². The standard InChI is InChI=1S/C28H20F2N4O4/c1-16-15-32-27(28(36)34(16)19-6-4-18(29)5-7-19)22(35)14-17-3-9-23(20(30)13-17)38-24-11-12-31-21-8-10-25(37-2)33-26(21)24/h3-13,15H,14H2,1-2H3. The zero-order valence-corrected chi connectivity index (χ0v) is 20.3. The Morgan fingerprint density at radius 2 is 1.76 bits per heavy atom. The number of pyridine rings is 2. The second-order valence-corrected chi connectivity index (χ2v) is 8.36. The summed E-state index contributed by atoms with van der Waals surface area (Å²) < 4.78 is 40.5. The zero-order valence-electron chi connectivity index (χ0n) is 20.3. The second kappa shape index (κ2) is 10.2. The van der Waals surface area contributed by atoms with Gasteiger partial charge in [-0.2, -0.15) is 0 Å². The van der Waals surface area contributed by atoms with Gasteiger partial charge in [-0.05, 0) is 55.0 Å². The summed E-state index contributed by atoms with van der Waals surface area (Å²) in [6.45, 7) is 1.65. The molecule has 0 unspecified atom stereocenters. The molecular weight excluding hydrogens is 494 g/mol. The number of ketones is 1. The van der Waals surface area contributed by atoms with Crippen LogP contribution < -0.4 is 15.0 Å². The average molecular weight is 514 g/mol. The lowest BCUT2D eigenvalue weighted by molar-refractivity contribution is 0.0986. The van der Waals surface area contributed by atoms with Crippen LogP contribution in [0.1, 0.15) is 21.7 Å². The van der Waals surface area contributed by atoms with Gasteiger partial charge in [0.15, 0.2) is 28.8 Å². The number of carbonyl (C=O) groups is 1. The van der Waals surface area contributed by atoms with Crippen LogP contribution in [-0.2, 0) is 6.42 Å². The fourth-order valence-electron chi connectivity index (χ4n) is 3.94. The first-order valence-electron chi connectivity index (χ1n) is 11.5. The molecule has 0 bridgehead atoms. The highest BCUT2D eigenvalue weighted by molar-refractivity contribution is 5.95. The van der Waals surface area contributed by atoms with Crippen LogP contribution >= 0.6 is 0 Å². The van der Waals surface area contributed by atoms with Crippen LogP contribution in [0.15, 0.2) is 77.9 Å². The lowest BCUT2D eigenvalue weighted by Gasteiger charge is -2.12. The smallest absolute Gasteiger partial charge is 0.284 e. The van der Waals surface area contributed by atoms with Crippen LogP contribution in [-0.4, -0.2) is 32.4 Å². The molecule has 5 aromatic rings. The average Bonchev–Trinajstić information content (AvgIpc) is 2.91. The summed E-state index contributed by atoms with van der Waals surface area (Å²) in [6, 6.07) is 14.3. The van der Waals surface area contributed by atoms with Crippen LogP contribution in [0.5, 0.6) is 17.4 Å². The summed E-state index contributed by atoms with van der Waals surface area (Å²) >= 11 is 0. The van der Waals surface area contributed by atoms with Gasteiger partial charge >= 0.3 is 0 Å². The van der Waals surface area contributed by atoms with Crippen molar-refractivity contribution in [2.45, 2.75) is 13.3 Å². The monoisotopic (exact) mass is 514 g/mol. The molecular formula is C28H20F2N4O4. The maximum Gasteiger partial charge on any atom is 0.284 e. The van der Waals surface area contributed by atoms with Crippen LogP contribution in [0.25, 0.3) is 16.7 Å². The van der Waals surface area contributed by atoms with Gasteiger partial charge in [0.25, 0.3) is 5.56 Å². The summed E-state index contributed by atoms with van der Waals surface area (Å²) in [6.07, 6.45) is 2.64. The number of ether oxygens (including phenoxy) is 2. The Morgan fingerprint density at radius 1 is 0.974 bits per heavy atom. The summed E-state index contributed by atoms with van der Waals surface area (Å²) in [5.74, 6) is -1.19. The topological polar surface area (TPSA) is 96.2 Å². The molecule has 190 valence electrons. The van der Waals surface area contributed by atoms with E-state index in [-0.39, 0.29) is 23.6 Å².